The van der Waals surface area contributed by atoms with Gasteiger partial charge in [0, 0.05) is 57.4 Å². The molecule has 1 N–H and O–H groups in total. The molecule has 34 heavy (non-hydrogen) atoms. The third kappa shape index (κ3) is 5.51. The first-order valence-electron chi connectivity index (χ1n) is 12.4. The highest BCUT2D eigenvalue weighted by Gasteiger charge is 2.36. The van der Waals surface area contributed by atoms with Gasteiger partial charge < -0.3 is 9.80 Å². The number of sulfonamides is 1. The van der Waals surface area contributed by atoms with E-state index in [0.717, 1.165) is 69.8 Å². The van der Waals surface area contributed by atoms with E-state index in [-0.39, 0.29) is 11.8 Å². The van der Waals surface area contributed by atoms with Crippen LogP contribution in [0.3, 0.4) is 0 Å². The molecule has 0 unspecified atom stereocenters. The molecule has 0 aromatic heterocycles. The fraction of sp³-hybridized carbons (Fsp3) is 0.500. The molecule has 0 spiro atoms. The van der Waals surface area contributed by atoms with Crippen LogP contribution in [0.25, 0.3) is 0 Å². The predicted molar refractivity (Wildman–Crippen MR) is 133 cm³/mol. The average Bonchev–Trinajstić information content (AvgIpc) is 3.62. The fourth-order valence-corrected chi connectivity index (χ4v) is 6.05. The number of rotatable bonds is 9. The van der Waals surface area contributed by atoms with Gasteiger partial charge in [-0.25, -0.2) is 13.1 Å². The molecule has 0 radical (unpaired) electrons. The number of nitrogens with one attached hydrogen (secondary N) is 1. The molecule has 182 valence electrons. The second kappa shape index (κ2) is 10.2. The monoisotopic (exact) mass is 482 g/mol. The molecule has 0 bridgehead atoms. The van der Waals surface area contributed by atoms with Crippen molar-refractivity contribution < 1.29 is 13.2 Å². The van der Waals surface area contributed by atoms with Crippen LogP contribution in [0.15, 0.2) is 53.4 Å². The summed E-state index contributed by atoms with van der Waals surface area (Å²) in [5, 5.41) is 0. The van der Waals surface area contributed by atoms with Gasteiger partial charge in [0.2, 0.25) is 15.9 Å². The van der Waals surface area contributed by atoms with Crippen LogP contribution in [0.5, 0.6) is 0 Å². The molecule has 1 saturated heterocycles. The number of carbonyl (C=O) groups is 1. The van der Waals surface area contributed by atoms with E-state index in [2.05, 4.69) is 38.8 Å². The highest BCUT2D eigenvalue weighted by molar-refractivity contribution is 7.89. The topological polar surface area (TPSA) is 73.0 Å². The van der Waals surface area contributed by atoms with E-state index < -0.39 is 10.0 Å². The second-order valence-corrected chi connectivity index (χ2v) is 11.4. The number of amides is 1. The summed E-state index contributed by atoms with van der Waals surface area (Å²) in [6.45, 7) is 7.06. The van der Waals surface area contributed by atoms with E-state index in [4.69, 9.17) is 0 Å². The molecule has 2 aliphatic heterocycles. The Balaban J connectivity index is 1.06. The van der Waals surface area contributed by atoms with Crippen molar-refractivity contribution in [3.63, 3.8) is 0 Å². The molecule has 1 saturated carbocycles. The van der Waals surface area contributed by atoms with Crippen molar-refractivity contribution in [2.45, 2.75) is 37.1 Å². The first kappa shape index (κ1) is 23.5. The molecule has 5 rings (SSSR count). The van der Waals surface area contributed by atoms with Crippen LogP contribution in [0.2, 0.25) is 0 Å². The van der Waals surface area contributed by atoms with Crippen molar-refractivity contribution >= 4 is 21.6 Å². The third-order valence-corrected chi connectivity index (χ3v) is 8.57. The molecule has 3 aliphatic rings. The van der Waals surface area contributed by atoms with Gasteiger partial charge in [0.15, 0.2) is 0 Å². The van der Waals surface area contributed by atoms with E-state index >= 15 is 0 Å². The number of fused-ring (bicyclic) bond motifs is 1. The Bertz CT molecular complexity index is 1110. The molecule has 2 aromatic rings. The number of piperazine rings is 1. The number of hydrogen-bond acceptors (Lipinski definition) is 5. The molecule has 2 heterocycles. The van der Waals surface area contributed by atoms with Gasteiger partial charge in [-0.15, -0.1) is 0 Å². The van der Waals surface area contributed by atoms with Gasteiger partial charge in [0.25, 0.3) is 0 Å². The van der Waals surface area contributed by atoms with E-state index in [1.54, 1.807) is 18.2 Å². The number of nitrogens with zero attached hydrogens (tertiary/aromatic N) is 3. The quantitative estimate of drug-likeness (QED) is 0.556. The van der Waals surface area contributed by atoms with Gasteiger partial charge in [0.1, 0.15) is 0 Å². The molecule has 2 fully saturated rings. The lowest BCUT2D eigenvalue weighted by Crippen LogP contribution is -2.46. The predicted octanol–water partition coefficient (Wildman–Crippen LogP) is 2.47. The Morgan fingerprint density at radius 1 is 0.941 bits per heavy atom. The lowest BCUT2D eigenvalue weighted by Gasteiger charge is -2.34. The summed E-state index contributed by atoms with van der Waals surface area (Å²) in [6.07, 6.45) is 3.45. The van der Waals surface area contributed by atoms with Crippen LogP contribution in [-0.2, 0) is 27.8 Å². The lowest BCUT2D eigenvalue weighted by atomic mass is 10.2. The van der Waals surface area contributed by atoms with Gasteiger partial charge in [-0.2, -0.15) is 0 Å². The normalized spacial score (nSPS) is 19.4. The Kier molecular flexibility index (Phi) is 7.01. The van der Waals surface area contributed by atoms with Crippen LogP contribution in [0, 0.1) is 5.92 Å². The lowest BCUT2D eigenvalue weighted by molar-refractivity contribution is -0.119. The van der Waals surface area contributed by atoms with E-state index in [1.165, 1.54) is 5.56 Å². The molecule has 1 amide bonds. The largest absolute Gasteiger partial charge is 0.312 e. The maximum atomic E-state index is 12.8. The van der Waals surface area contributed by atoms with E-state index in [1.807, 2.05) is 11.0 Å². The summed E-state index contributed by atoms with van der Waals surface area (Å²) in [5.74, 6) is 0.358. The Morgan fingerprint density at radius 3 is 2.41 bits per heavy atom. The smallest absolute Gasteiger partial charge is 0.240 e. The summed E-state index contributed by atoms with van der Waals surface area (Å²) < 4.78 is 28.4. The Hall–Kier alpha value is -2.26. The highest BCUT2D eigenvalue weighted by atomic mass is 32.2. The SMILES string of the molecule is O=C(C1CC1)N1CCc2cc(S(=O)(=O)NCCCN3CCN(Cc4ccccc4)CC3)ccc21. The standard InChI is InChI=1S/C26H34N4O3S/c31-26(22-7-8-22)30-14-11-23-19-24(9-10-25(23)30)34(32,33)27-12-4-13-28-15-17-29(18-16-28)20-21-5-2-1-3-6-21/h1-3,5-6,9-10,19,22,27H,4,7-8,11-18,20H2. The van der Waals surface area contributed by atoms with E-state index in [0.29, 0.717) is 24.4 Å². The third-order valence-electron chi connectivity index (χ3n) is 7.11. The van der Waals surface area contributed by atoms with Crippen molar-refractivity contribution in [1.82, 2.24) is 14.5 Å². The van der Waals surface area contributed by atoms with Gasteiger partial charge in [0.05, 0.1) is 4.90 Å². The van der Waals surface area contributed by atoms with Crippen LogP contribution < -0.4 is 9.62 Å². The van der Waals surface area contributed by atoms with Crippen molar-refractivity contribution in [3.05, 3.63) is 59.7 Å². The number of carbonyl (C=O) groups excluding carboxylic acids is 1. The number of benzene rings is 2. The molecular weight excluding hydrogens is 448 g/mol. The maximum Gasteiger partial charge on any atom is 0.240 e. The highest BCUT2D eigenvalue weighted by Crippen LogP contribution is 2.37. The van der Waals surface area contributed by atoms with Gasteiger partial charge in [-0.05, 0) is 61.6 Å². The van der Waals surface area contributed by atoms with Gasteiger partial charge >= 0.3 is 0 Å². The molecule has 2 aromatic carbocycles. The zero-order chi connectivity index (χ0) is 23.5. The molecule has 8 heteroatoms. The molecule has 7 nitrogen and oxygen atoms in total. The number of anilines is 1. The molecule has 0 atom stereocenters. The van der Waals surface area contributed by atoms with Gasteiger partial charge in [-0.1, -0.05) is 30.3 Å². The zero-order valence-electron chi connectivity index (χ0n) is 19.7. The van der Waals surface area contributed by atoms with Crippen LogP contribution >= 0.6 is 0 Å². The summed E-state index contributed by atoms with van der Waals surface area (Å²) in [6, 6.07) is 15.7. The number of hydrogen-bond donors (Lipinski definition) is 1. The van der Waals surface area contributed by atoms with E-state index in [9.17, 15) is 13.2 Å². The van der Waals surface area contributed by atoms with Crippen LogP contribution in [-0.4, -0.2) is 69.9 Å². The maximum absolute atomic E-state index is 12.8. The summed E-state index contributed by atoms with van der Waals surface area (Å²) >= 11 is 0. The minimum Gasteiger partial charge on any atom is -0.312 e. The zero-order valence-corrected chi connectivity index (χ0v) is 20.5. The van der Waals surface area contributed by atoms with Crippen molar-refractivity contribution in [2.24, 2.45) is 5.92 Å². The fourth-order valence-electron chi connectivity index (χ4n) is 4.93. The van der Waals surface area contributed by atoms with Crippen molar-refractivity contribution in [3.8, 4) is 0 Å². The van der Waals surface area contributed by atoms with Crippen LogP contribution in [0.1, 0.15) is 30.4 Å². The van der Waals surface area contributed by atoms with Crippen molar-refractivity contribution in [1.29, 1.82) is 0 Å². The average molecular weight is 483 g/mol. The first-order chi connectivity index (χ1) is 16.5. The molecule has 1 aliphatic carbocycles. The summed E-state index contributed by atoms with van der Waals surface area (Å²) in [4.78, 5) is 19.5. The Labute approximate surface area is 202 Å². The minimum absolute atomic E-state index is 0.169. The summed E-state index contributed by atoms with van der Waals surface area (Å²) in [5.41, 5.74) is 3.17. The van der Waals surface area contributed by atoms with Gasteiger partial charge in [-0.3, -0.25) is 9.69 Å². The van der Waals surface area contributed by atoms with Crippen LogP contribution in [0.4, 0.5) is 5.69 Å². The van der Waals surface area contributed by atoms with Crippen molar-refractivity contribution in [2.75, 3.05) is 50.7 Å². The summed E-state index contributed by atoms with van der Waals surface area (Å²) in [7, 11) is -3.55. The Morgan fingerprint density at radius 2 is 1.68 bits per heavy atom. The first-order valence-corrected chi connectivity index (χ1v) is 13.9. The minimum atomic E-state index is -3.55. The molecular formula is C26H34N4O3S. The second-order valence-electron chi connectivity index (χ2n) is 9.66.